The number of nitrogens with zero attached hydrogens (tertiary/aromatic N) is 2. The van der Waals surface area contributed by atoms with Crippen LogP contribution in [0.25, 0.3) is 0 Å². The second-order valence-corrected chi connectivity index (χ2v) is 3.99. The van der Waals surface area contributed by atoms with Gasteiger partial charge in [0.05, 0.1) is 11.8 Å². The Hall–Kier alpha value is -0.830. The van der Waals surface area contributed by atoms with Gasteiger partial charge in [-0.05, 0) is 19.3 Å². The topological polar surface area (TPSA) is 38.0 Å². The van der Waals surface area contributed by atoms with Gasteiger partial charge < -0.3 is 5.11 Å². The summed E-state index contributed by atoms with van der Waals surface area (Å²) in [6, 6.07) is 0. The van der Waals surface area contributed by atoms with Crippen LogP contribution in [0.5, 0.6) is 0 Å². The number of hydrogen-bond acceptors (Lipinski definition) is 2. The van der Waals surface area contributed by atoms with Crippen molar-refractivity contribution >= 4 is 0 Å². The Balaban J connectivity index is 2.76. The van der Waals surface area contributed by atoms with Crippen LogP contribution in [0.2, 0.25) is 0 Å². The van der Waals surface area contributed by atoms with Gasteiger partial charge >= 0.3 is 0 Å². The van der Waals surface area contributed by atoms with E-state index in [9.17, 15) is 5.11 Å². The van der Waals surface area contributed by atoms with E-state index in [1.807, 2.05) is 20.2 Å². The van der Waals surface area contributed by atoms with Gasteiger partial charge in [-0.25, -0.2) is 0 Å². The summed E-state index contributed by atoms with van der Waals surface area (Å²) in [5.41, 5.74) is 1.88. The molecule has 13 heavy (non-hydrogen) atoms. The molecule has 1 unspecified atom stereocenters. The monoisotopic (exact) mass is 182 g/mol. The highest BCUT2D eigenvalue weighted by Crippen LogP contribution is 2.22. The van der Waals surface area contributed by atoms with E-state index >= 15 is 0 Å². The lowest BCUT2D eigenvalue weighted by Gasteiger charge is -2.11. The van der Waals surface area contributed by atoms with E-state index in [2.05, 4.69) is 18.9 Å². The summed E-state index contributed by atoms with van der Waals surface area (Å²) in [5, 5.41) is 14.0. The maximum absolute atomic E-state index is 9.83. The Kier molecular flexibility index (Phi) is 3.09. The molecule has 1 atom stereocenters. The summed E-state index contributed by atoms with van der Waals surface area (Å²) in [5.74, 6) is 0.509. The van der Waals surface area contributed by atoms with Crippen molar-refractivity contribution in [2.45, 2.75) is 33.3 Å². The summed E-state index contributed by atoms with van der Waals surface area (Å²) >= 11 is 0. The average Bonchev–Trinajstić information content (AvgIpc) is 2.28. The first-order chi connectivity index (χ1) is 6.00. The van der Waals surface area contributed by atoms with Gasteiger partial charge in [-0.3, -0.25) is 4.68 Å². The van der Waals surface area contributed by atoms with E-state index in [1.54, 1.807) is 4.68 Å². The van der Waals surface area contributed by atoms with E-state index in [-0.39, 0.29) is 6.10 Å². The molecule has 0 saturated heterocycles. The van der Waals surface area contributed by atoms with Crippen LogP contribution in [-0.2, 0) is 7.05 Å². The molecule has 3 heteroatoms. The molecule has 0 aromatic carbocycles. The van der Waals surface area contributed by atoms with Crippen molar-refractivity contribution in [2.24, 2.45) is 13.0 Å². The fourth-order valence-corrected chi connectivity index (χ4v) is 1.52. The van der Waals surface area contributed by atoms with Crippen molar-refractivity contribution in [2.75, 3.05) is 0 Å². The molecule has 1 rings (SSSR count). The average molecular weight is 182 g/mol. The molecule has 3 nitrogen and oxygen atoms in total. The molecular weight excluding hydrogens is 164 g/mol. The summed E-state index contributed by atoms with van der Waals surface area (Å²) in [6.45, 7) is 6.14. The number of aliphatic hydroxyl groups excluding tert-OH is 1. The Morgan fingerprint density at radius 3 is 2.54 bits per heavy atom. The molecule has 0 bridgehead atoms. The molecule has 0 aliphatic heterocycles. The molecular formula is C10H18N2O. The summed E-state index contributed by atoms with van der Waals surface area (Å²) < 4.78 is 1.74. The number of aryl methyl sites for hydroxylation is 2. The lowest BCUT2D eigenvalue weighted by molar-refractivity contribution is 0.150. The van der Waals surface area contributed by atoms with Gasteiger partial charge in [-0.1, -0.05) is 13.8 Å². The van der Waals surface area contributed by atoms with Crippen molar-refractivity contribution in [3.63, 3.8) is 0 Å². The highest BCUT2D eigenvalue weighted by molar-refractivity contribution is 5.18. The second-order valence-electron chi connectivity index (χ2n) is 3.99. The Morgan fingerprint density at radius 2 is 2.15 bits per heavy atom. The van der Waals surface area contributed by atoms with E-state index in [1.165, 1.54) is 0 Å². The zero-order chi connectivity index (χ0) is 10.0. The number of hydrogen-bond donors (Lipinski definition) is 1. The third-order valence-corrected chi connectivity index (χ3v) is 2.11. The van der Waals surface area contributed by atoms with E-state index < -0.39 is 0 Å². The smallest absolute Gasteiger partial charge is 0.0825 e. The first-order valence-corrected chi connectivity index (χ1v) is 4.69. The van der Waals surface area contributed by atoms with Crippen LogP contribution in [0.1, 0.15) is 37.6 Å². The standard InChI is InChI=1S/C10H18N2O/c1-7(2)5-10(13)9-6-12(4)11-8(9)3/h6-7,10,13H,5H2,1-4H3. The molecule has 1 N–H and O–H groups in total. The third-order valence-electron chi connectivity index (χ3n) is 2.11. The largest absolute Gasteiger partial charge is 0.388 e. The molecule has 74 valence electrons. The quantitative estimate of drug-likeness (QED) is 0.774. The minimum Gasteiger partial charge on any atom is -0.388 e. The SMILES string of the molecule is Cc1nn(C)cc1C(O)CC(C)C. The van der Waals surface area contributed by atoms with Gasteiger partial charge in [-0.15, -0.1) is 0 Å². The summed E-state index contributed by atoms with van der Waals surface area (Å²) in [6.07, 6.45) is 2.32. The molecule has 1 aromatic rings. The Labute approximate surface area is 79.4 Å². The molecule has 1 aromatic heterocycles. The van der Waals surface area contributed by atoms with Crippen LogP contribution in [0.3, 0.4) is 0 Å². The lowest BCUT2D eigenvalue weighted by Crippen LogP contribution is -2.02. The molecule has 0 fully saturated rings. The van der Waals surface area contributed by atoms with Crippen molar-refractivity contribution in [3.8, 4) is 0 Å². The molecule has 0 spiro atoms. The predicted molar refractivity (Wildman–Crippen MR) is 52.4 cm³/mol. The van der Waals surface area contributed by atoms with Gasteiger partial charge in [0.1, 0.15) is 0 Å². The van der Waals surface area contributed by atoms with Crippen molar-refractivity contribution < 1.29 is 5.11 Å². The molecule has 0 radical (unpaired) electrons. The van der Waals surface area contributed by atoms with Crippen LogP contribution in [-0.4, -0.2) is 14.9 Å². The highest BCUT2D eigenvalue weighted by Gasteiger charge is 2.14. The van der Waals surface area contributed by atoms with Crippen molar-refractivity contribution in [3.05, 3.63) is 17.5 Å². The van der Waals surface area contributed by atoms with Crippen molar-refractivity contribution in [1.29, 1.82) is 0 Å². The Morgan fingerprint density at radius 1 is 1.54 bits per heavy atom. The van der Waals surface area contributed by atoms with Crippen LogP contribution >= 0.6 is 0 Å². The van der Waals surface area contributed by atoms with Gasteiger partial charge in [0.25, 0.3) is 0 Å². The lowest BCUT2D eigenvalue weighted by atomic mass is 10.0. The molecule has 0 aliphatic rings. The van der Waals surface area contributed by atoms with Crippen molar-refractivity contribution in [1.82, 2.24) is 9.78 Å². The van der Waals surface area contributed by atoms with Crippen LogP contribution in [0, 0.1) is 12.8 Å². The Bertz CT molecular complexity index is 278. The zero-order valence-electron chi connectivity index (χ0n) is 8.78. The van der Waals surface area contributed by atoms with Crippen LogP contribution in [0.4, 0.5) is 0 Å². The fraction of sp³-hybridized carbons (Fsp3) is 0.700. The predicted octanol–water partition coefficient (Wildman–Crippen LogP) is 1.81. The van der Waals surface area contributed by atoms with Crippen LogP contribution in [0.15, 0.2) is 6.20 Å². The van der Waals surface area contributed by atoms with E-state index in [4.69, 9.17) is 0 Å². The highest BCUT2D eigenvalue weighted by atomic mass is 16.3. The van der Waals surface area contributed by atoms with E-state index in [0.29, 0.717) is 5.92 Å². The number of rotatable bonds is 3. The number of aliphatic hydroxyl groups is 1. The summed E-state index contributed by atoms with van der Waals surface area (Å²) in [7, 11) is 1.87. The zero-order valence-corrected chi connectivity index (χ0v) is 8.78. The second kappa shape index (κ2) is 3.92. The molecule has 1 heterocycles. The van der Waals surface area contributed by atoms with Gasteiger partial charge in [0.2, 0.25) is 0 Å². The van der Waals surface area contributed by atoms with E-state index in [0.717, 1.165) is 17.7 Å². The van der Waals surface area contributed by atoms with Gasteiger partial charge in [0, 0.05) is 18.8 Å². The maximum Gasteiger partial charge on any atom is 0.0825 e. The van der Waals surface area contributed by atoms with Gasteiger partial charge in [-0.2, -0.15) is 5.10 Å². The minimum atomic E-state index is -0.367. The first kappa shape index (κ1) is 10.3. The number of aromatic nitrogens is 2. The minimum absolute atomic E-state index is 0.367. The van der Waals surface area contributed by atoms with Gasteiger partial charge in [0.15, 0.2) is 0 Å². The van der Waals surface area contributed by atoms with Crippen LogP contribution < -0.4 is 0 Å². The molecule has 0 aliphatic carbocycles. The fourth-order valence-electron chi connectivity index (χ4n) is 1.52. The summed E-state index contributed by atoms with van der Waals surface area (Å²) in [4.78, 5) is 0. The normalized spacial score (nSPS) is 13.7. The third kappa shape index (κ3) is 2.56. The first-order valence-electron chi connectivity index (χ1n) is 4.69. The molecule has 0 saturated carbocycles. The molecule has 0 amide bonds. The maximum atomic E-state index is 9.83.